The topological polar surface area (TPSA) is 40.5 Å². The van der Waals surface area contributed by atoms with Gasteiger partial charge in [0.1, 0.15) is 11.5 Å². The largest absolute Gasteiger partial charge is 2.00 e. The molecule has 3 heteroatoms. The Hall–Kier alpha value is -3.59. The van der Waals surface area contributed by atoms with Crippen LogP contribution in [-0.2, 0) is 60.2 Å². The van der Waals surface area contributed by atoms with Crippen molar-refractivity contribution >= 4 is 21.5 Å². The van der Waals surface area contributed by atoms with Crippen LogP contribution in [0.5, 0.6) is 11.5 Å². The van der Waals surface area contributed by atoms with Gasteiger partial charge in [-0.25, -0.2) is 12.1 Å². The van der Waals surface area contributed by atoms with Crippen LogP contribution < -0.4 is 0 Å². The normalized spacial score (nSPS) is 14.0. The molecule has 6 aromatic rings. The number of hydrogen-bond donors (Lipinski definition) is 2. The predicted molar refractivity (Wildman–Crippen MR) is 175 cm³/mol. The van der Waals surface area contributed by atoms with Crippen LogP contribution in [0.25, 0.3) is 32.7 Å². The molecule has 43 heavy (non-hydrogen) atoms. The van der Waals surface area contributed by atoms with E-state index in [1.54, 1.807) is 45.5 Å². The number of rotatable bonds is 4. The average molecular weight is 599 g/mol. The molecule has 0 spiro atoms. The van der Waals surface area contributed by atoms with E-state index >= 15 is 0 Å². The van der Waals surface area contributed by atoms with E-state index < -0.39 is 0 Å². The molecular formula is C40H38O2Ti. The van der Waals surface area contributed by atoms with Gasteiger partial charge in [0, 0.05) is 11.1 Å². The maximum absolute atomic E-state index is 10.4. The van der Waals surface area contributed by atoms with Crippen molar-refractivity contribution in [1.29, 1.82) is 0 Å². The molecule has 2 aliphatic carbocycles. The molecule has 0 aliphatic heterocycles. The Labute approximate surface area is 269 Å². The SMILES string of the molecule is Oc1ccc2ccccc2c1-c1c(O)ccc2ccccc12.[Ti+2].c1c[c-](CC[c-]2ccc3c2CCCC3)c2c1CCCC2. The minimum absolute atomic E-state index is 0. The molecule has 0 amide bonds. The molecule has 6 aromatic carbocycles. The maximum atomic E-state index is 10.4. The van der Waals surface area contributed by atoms with Crippen molar-refractivity contribution in [3.8, 4) is 22.6 Å². The summed E-state index contributed by atoms with van der Waals surface area (Å²) in [7, 11) is 0. The second-order valence-corrected chi connectivity index (χ2v) is 12.0. The van der Waals surface area contributed by atoms with Crippen molar-refractivity contribution in [3.05, 3.63) is 130 Å². The smallest absolute Gasteiger partial charge is 0.507 e. The van der Waals surface area contributed by atoms with Crippen molar-refractivity contribution in [2.24, 2.45) is 0 Å². The number of hydrogen-bond acceptors (Lipinski definition) is 2. The molecule has 0 aromatic heterocycles. The summed E-state index contributed by atoms with van der Waals surface area (Å²) in [5.74, 6) is 0.343. The van der Waals surface area contributed by atoms with Crippen molar-refractivity contribution in [1.82, 2.24) is 0 Å². The number of aryl methyl sites for hydroxylation is 4. The standard InChI is InChI=1S/C20H14O2.C20H24.Ti/c21-17-11-9-13-5-1-3-7-15(13)19(17)20-16-8-4-2-6-14(16)10-12-18(20)22;1-3-7-19-15(5-1)9-11-17(19)13-14-18-12-10-16-6-2-4-8-20(16)18;/h1-12,21-22H;9-12H,1-8,13-14H2;/q;-2;+2. The minimum atomic E-state index is 0. The summed E-state index contributed by atoms with van der Waals surface area (Å²) >= 11 is 0. The predicted octanol–water partition coefficient (Wildman–Crippen LogP) is 9.74. The van der Waals surface area contributed by atoms with Gasteiger partial charge in [0.2, 0.25) is 0 Å². The third kappa shape index (κ3) is 5.84. The van der Waals surface area contributed by atoms with Crippen LogP contribution in [0.4, 0.5) is 0 Å². The molecule has 0 bridgehead atoms. The Bertz CT molecular complexity index is 1730. The van der Waals surface area contributed by atoms with E-state index in [1.165, 1.54) is 64.2 Å². The fourth-order valence-electron chi connectivity index (χ4n) is 7.35. The molecule has 0 saturated heterocycles. The molecule has 0 fully saturated rings. The van der Waals surface area contributed by atoms with Gasteiger partial charge in [0.15, 0.2) is 0 Å². The number of fused-ring (bicyclic) bond motifs is 4. The maximum Gasteiger partial charge on any atom is 2.00 e. The monoisotopic (exact) mass is 598 g/mol. The first kappa shape index (κ1) is 29.5. The van der Waals surface area contributed by atoms with Gasteiger partial charge in [-0.05, 0) is 33.7 Å². The molecule has 0 saturated carbocycles. The number of benzene rings is 4. The van der Waals surface area contributed by atoms with Gasteiger partial charge in [-0.1, -0.05) is 125 Å². The summed E-state index contributed by atoms with van der Waals surface area (Å²) in [5, 5.41) is 24.8. The first-order valence-corrected chi connectivity index (χ1v) is 15.6. The fraction of sp³-hybridized carbons (Fsp3) is 0.250. The Morgan fingerprint density at radius 3 is 1.37 bits per heavy atom. The van der Waals surface area contributed by atoms with Crippen molar-refractivity contribution in [2.45, 2.75) is 64.2 Å². The van der Waals surface area contributed by atoms with Crippen LogP contribution in [0.1, 0.15) is 59.1 Å². The van der Waals surface area contributed by atoms with Crippen molar-refractivity contribution < 1.29 is 31.9 Å². The molecule has 214 valence electrons. The van der Waals surface area contributed by atoms with E-state index in [9.17, 15) is 10.2 Å². The molecule has 0 radical (unpaired) electrons. The van der Waals surface area contributed by atoms with Gasteiger partial charge in [0.25, 0.3) is 0 Å². The van der Waals surface area contributed by atoms with Crippen LogP contribution in [0.2, 0.25) is 0 Å². The molecule has 2 nitrogen and oxygen atoms in total. The zero-order valence-corrected chi connectivity index (χ0v) is 26.3. The van der Waals surface area contributed by atoms with Gasteiger partial charge < -0.3 is 10.2 Å². The molecule has 0 heterocycles. The molecule has 0 atom stereocenters. The Balaban J connectivity index is 0.000000150. The molecule has 2 aliphatic rings. The number of phenols is 2. The first-order valence-electron chi connectivity index (χ1n) is 15.6. The average Bonchev–Trinajstić information content (AvgIpc) is 3.65. The Morgan fingerprint density at radius 1 is 0.488 bits per heavy atom. The van der Waals surface area contributed by atoms with Crippen LogP contribution in [-0.4, -0.2) is 10.2 Å². The molecule has 0 unspecified atom stereocenters. The summed E-state index contributed by atoms with van der Waals surface area (Å²) in [6, 6.07) is 32.5. The van der Waals surface area contributed by atoms with Crippen LogP contribution in [0.3, 0.4) is 0 Å². The van der Waals surface area contributed by atoms with E-state index in [-0.39, 0.29) is 33.2 Å². The molecule has 2 N–H and O–H groups in total. The summed E-state index contributed by atoms with van der Waals surface area (Å²) in [4.78, 5) is 0. The van der Waals surface area contributed by atoms with Gasteiger partial charge >= 0.3 is 21.7 Å². The number of aromatic hydroxyl groups is 2. The van der Waals surface area contributed by atoms with Crippen LogP contribution in [0.15, 0.2) is 97.1 Å². The van der Waals surface area contributed by atoms with E-state index in [2.05, 4.69) is 24.3 Å². The van der Waals surface area contributed by atoms with Gasteiger partial charge in [0.05, 0.1) is 0 Å². The third-order valence-electron chi connectivity index (χ3n) is 9.50. The summed E-state index contributed by atoms with van der Waals surface area (Å²) < 4.78 is 0. The quantitative estimate of drug-likeness (QED) is 0.157. The summed E-state index contributed by atoms with van der Waals surface area (Å²) in [6.45, 7) is 0. The van der Waals surface area contributed by atoms with Crippen molar-refractivity contribution in [2.75, 3.05) is 0 Å². The first-order chi connectivity index (χ1) is 20.7. The van der Waals surface area contributed by atoms with Crippen LogP contribution >= 0.6 is 0 Å². The zero-order chi connectivity index (χ0) is 28.5. The molecule has 8 rings (SSSR count). The minimum Gasteiger partial charge on any atom is -0.507 e. The van der Waals surface area contributed by atoms with E-state index in [0.717, 1.165) is 21.5 Å². The fourth-order valence-corrected chi connectivity index (χ4v) is 7.35. The van der Waals surface area contributed by atoms with Crippen molar-refractivity contribution in [3.63, 3.8) is 0 Å². The summed E-state index contributed by atoms with van der Waals surface area (Å²) in [5.41, 5.74) is 11.3. The van der Waals surface area contributed by atoms with Gasteiger partial charge in [-0.2, -0.15) is 45.5 Å². The van der Waals surface area contributed by atoms with Gasteiger partial charge in [-0.3, -0.25) is 0 Å². The van der Waals surface area contributed by atoms with E-state index in [0.29, 0.717) is 11.1 Å². The Morgan fingerprint density at radius 2 is 0.907 bits per heavy atom. The molecular weight excluding hydrogens is 560 g/mol. The van der Waals surface area contributed by atoms with Gasteiger partial charge in [-0.15, -0.1) is 0 Å². The Kier molecular flexibility index (Phi) is 8.89. The van der Waals surface area contributed by atoms with E-state index in [1.807, 2.05) is 60.7 Å². The second kappa shape index (κ2) is 13.0. The third-order valence-corrected chi connectivity index (χ3v) is 9.50. The second-order valence-electron chi connectivity index (χ2n) is 12.0. The van der Waals surface area contributed by atoms with Crippen LogP contribution in [0, 0.1) is 0 Å². The zero-order valence-electron chi connectivity index (χ0n) is 24.7. The number of phenolic OH excluding ortho intramolecular Hbond substituents is 2. The van der Waals surface area contributed by atoms with E-state index in [4.69, 9.17) is 0 Å². The summed E-state index contributed by atoms with van der Waals surface area (Å²) in [6.07, 6.45) is 13.4.